The first-order valence-electron chi connectivity index (χ1n) is 11.1. The molecular weight excluding hydrogens is 436 g/mol. The summed E-state index contributed by atoms with van der Waals surface area (Å²) in [5.41, 5.74) is 4.35. The van der Waals surface area contributed by atoms with E-state index < -0.39 is 6.04 Å². The molecule has 3 N–H and O–H groups in total. The van der Waals surface area contributed by atoms with Crippen molar-refractivity contribution in [2.75, 3.05) is 13.2 Å². The third-order valence-electron chi connectivity index (χ3n) is 5.56. The molecule has 0 unspecified atom stereocenters. The minimum Gasteiger partial charge on any atom is -0.493 e. The van der Waals surface area contributed by atoms with E-state index in [1.165, 1.54) is 0 Å². The molecule has 0 aliphatic heterocycles. The predicted molar refractivity (Wildman–Crippen MR) is 133 cm³/mol. The first kappa shape index (κ1) is 22.9. The molecule has 5 nitrogen and oxygen atoms in total. The maximum atomic E-state index is 13.3. The molecule has 33 heavy (non-hydrogen) atoms. The molecule has 170 valence electrons. The van der Waals surface area contributed by atoms with E-state index in [1.807, 2.05) is 79.9 Å². The Morgan fingerprint density at radius 1 is 1.09 bits per heavy atom. The maximum absolute atomic E-state index is 13.3. The topological polar surface area (TPSA) is 74.3 Å². The largest absolute Gasteiger partial charge is 0.493 e. The lowest BCUT2D eigenvalue weighted by Gasteiger charge is -2.18. The van der Waals surface area contributed by atoms with Crippen molar-refractivity contribution in [2.45, 2.75) is 25.8 Å². The second kappa shape index (κ2) is 10.6. The van der Waals surface area contributed by atoms with Gasteiger partial charge in [-0.05, 0) is 59.9 Å². The van der Waals surface area contributed by atoms with Crippen molar-refractivity contribution in [1.29, 1.82) is 0 Å². The molecule has 4 rings (SSSR count). The molecule has 0 bridgehead atoms. The molecule has 6 heteroatoms. The molecule has 0 saturated heterocycles. The van der Waals surface area contributed by atoms with Gasteiger partial charge in [0.25, 0.3) is 5.91 Å². The first-order chi connectivity index (χ1) is 16.1. The zero-order chi connectivity index (χ0) is 23.2. The Kier molecular flexibility index (Phi) is 7.33. The minimum atomic E-state index is -0.435. The molecule has 4 aromatic rings. The average molecular weight is 463 g/mol. The van der Waals surface area contributed by atoms with Crippen LogP contribution in [-0.2, 0) is 6.42 Å². The fraction of sp³-hybridized carbons (Fsp3) is 0.222. The highest BCUT2D eigenvalue weighted by atomic mass is 35.5. The van der Waals surface area contributed by atoms with Crippen LogP contribution in [0.1, 0.15) is 29.3 Å². The van der Waals surface area contributed by atoms with E-state index in [9.17, 15) is 9.90 Å². The highest BCUT2D eigenvalue weighted by Gasteiger charge is 2.19. The number of hydrogen-bond acceptors (Lipinski definition) is 3. The molecule has 0 spiro atoms. The average Bonchev–Trinajstić information content (AvgIpc) is 3.25. The van der Waals surface area contributed by atoms with E-state index in [4.69, 9.17) is 16.3 Å². The molecule has 0 radical (unpaired) electrons. The van der Waals surface area contributed by atoms with Crippen molar-refractivity contribution in [3.63, 3.8) is 0 Å². The van der Waals surface area contributed by atoms with Crippen LogP contribution in [-0.4, -0.2) is 35.3 Å². The number of H-pyrrole nitrogens is 1. The van der Waals surface area contributed by atoms with E-state index in [1.54, 1.807) is 0 Å². The van der Waals surface area contributed by atoms with Crippen LogP contribution in [0.5, 0.6) is 5.75 Å². The maximum Gasteiger partial charge on any atom is 0.255 e. The number of halogens is 1. The summed E-state index contributed by atoms with van der Waals surface area (Å²) in [6.45, 7) is 2.36. The fourth-order valence-corrected chi connectivity index (χ4v) is 3.98. The number of nitrogens with one attached hydrogen (secondary N) is 2. The summed E-state index contributed by atoms with van der Waals surface area (Å²) in [7, 11) is 0. The van der Waals surface area contributed by atoms with Crippen LogP contribution >= 0.6 is 11.6 Å². The Morgan fingerprint density at radius 2 is 1.85 bits per heavy atom. The van der Waals surface area contributed by atoms with Crippen LogP contribution < -0.4 is 10.1 Å². The van der Waals surface area contributed by atoms with E-state index in [2.05, 4.69) is 10.3 Å². The number of benzene rings is 3. The molecule has 0 aliphatic rings. The molecule has 0 fully saturated rings. The van der Waals surface area contributed by atoms with Crippen molar-refractivity contribution in [1.82, 2.24) is 10.3 Å². The molecule has 3 aromatic carbocycles. The second-order valence-corrected chi connectivity index (χ2v) is 8.42. The van der Waals surface area contributed by atoms with Gasteiger partial charge in [0, 0.05) is 22.1 Å². The number of aliphatic hydroxyl groups excluding tert-OH is 1. The Balaban J connectivity index is 1.58. The van der Waals surface area contributed by atoms with Gasteiger partial charge in [-0.3, -0.25) is 4.79 Å². The molecule has 1 atom stereocenters. The van der Waals surface area contributed by atoms with E-state index in [0.717, 1.165) is 34.0 Å². The molecule has 1 amide bonds. The summed E-state index contributed by atoms with van der Waals surface area (Å²) < 4.78 is 5.85. The summed E-state index contributed by atoms with van der Waals surface area (Å²) >= 11 is 6.02. The lowest BCUT2D eigenvalue weighted by atomic mass is 10.0. The lowest BCUT2D eigenvalue weighted by Crippen LogP contribution is -2.39. The minimum absolute atomic E-state index is 0.173. The number of para-hydroxylation sites is 1. The third kappa shape index (κ3) is 5.38. The number of aromatic amines is 1. The molecular formula is C27H27ClN2O3. The van der Waals surface area contributed by atoms with Gasteiger partial charge in [0.15, 0.2) is 0 Å². The molecule has 1 aromatic heterocycles. The Bertz CT molecular complexity index is 1230. The number of ether oxygens (including phenoxy) is 1. The van der Waals surface area contributed by atoms with Crippen molar-refractivity contribution < 1.29 is 14.6 Å². The quantitative estimate of drug-likeness (QED) is 0.302. The number of hydrogen-bond donors (Lipinski definition) is 3. The van der Waals surface area contributed by atoms with Crippen LogP contribution in [0.3, 0.4) is 0 Å². The summed E-state index contributed by atoms with van der Waals surface area (Å²) in [6.07, 6.45) is 3.27. The van der Waals surface area contributed by atoms with E-state index >= 15 is 0 Å². The summed E-state index contributed by atoms with van der Waals surface area (Å²) in [5.74, 6) is 0.242. The van der Waals surface area contributed by atoms with E-state index in [0.29, 0.717) is 29.4 Å². The van der Waals surface area contributed by atoms with Crippen molar-refractivity contribution in [2.24, 2.45) is 0 Å². The van der Waals surface area contributed by atoms with Gasteiger partial charge in [-0.1, -0.05) is 54.9 Å². The van der Waals surface area contributed by atoms with Gasteiger partial charge in [-0.15, -0.1) is 0 Å². The van der Waals surface area contributed by atoms with E-state index in [-0.39, 0.29) is 12.5 Å². The van der Waals surface area contributed by atoms with Crippen LogP contribution in [0.4, 0.5) is 0 Å². The summed E-state index contributed by atoms with van der Waals surface area (Å²) in [5, 5.41) is 14.7. The number of aromatic nitrogens is 1. The number of rotatable bonds is 9. The number of amides is 1. The lowest BCUT2D eigenvalue weighted by molar-refractivity contribution is 0.0912. The summed E-state index contributed by atoms with van der Waals surface area (Å²) in [6, 6.07) is 20.6. The van der Waals surface area contributed by atoms with Gasteiger partial charge < -0.3 is 20.1 Å². The van der Waals surface area contributed by atoms with Gasteiger partial charge in [0.2, 0.25) is 0 Å². The van der Waals surface area contributed by atoms with Crippen molar-refractivity contribution in [3.05, 3.63) is 89.1 Å². The zero-order valence-electron chi connectivity index (χ0n) is 18.5. The van der Waals surface area contributed by atoms with Crippen LogP contribution in [0.2, 0.25) is 5.02 Å². The highest BCUT2D eigenvalue weighted by Crippen LogP contribution is 2.28. The molecule has 0 aliphatic carbocycles. The van der Waals surface area contributed by atoms with Crippen molar-refractivity contribution >= 4 is 28.4 Å². The SMILES string of the molecule is CCCOc1ccc(-c2ccc(Cl)cc2)cc1C(=O)N[C@@H](CO)Cc1c[nH]c2ccccc12. The number of carbonyl (C=O) groups excluding carboxylic acids is 1. The van der Waals surface area contributed by atoms with Gasteiger partial charge in [-0.2, -0.15) is 0 Å². The van der Waals surface area contributed by atoms with Gasteiger partial charge in [0.1, 0.15) is 5.75 Å². The third-order valence-corrected chi connectivity index (χ3v) is 5.81. The summed E-state index contributed by atoms with van der Waals surface area (Å²) in [4.78, 5) is 16.5. The molecule has 1 heterocycles. The smallest absolute Gasteiger partial charge is 0.255 e. The highest BCUT2D eigenvalue weighted by molar-refractivity contribution is 6.30. The Morgan fingerprint density at radius 3 is 2.61 bits per heavy atom. The number of fused-ring (bicyclic) bond motifs is 1. The normalized spacial score (nSPS) is 12.0. The van der Waals surface area contributed by atoms with Crippen LogP contribution in [0.15, 0.2) is 72.9 Å². The van der Waals surface area contributed by atoms with Crippen molar-refractivity contribution in [3.8, 4) is 16.9 Å². The predicted octanol–water partition coefficient (Wildman–Crippen LogP) is 5.61. The Labute approximate surface area is 198 Å². The van der Waals surface area contributed by atoms with Crippen LogP contribution in [0.25, 0.3) is 22.0 Å². The number of aliphatic hydroxyl groups is 1. The molecule has 0 saturated carbocycles. The zero-order valence-corrected chi connectivity index (χ0v) is 19.2. The van der Waals surface area contributed by atoms with Gasteiger partial charge >= 0.3 is 0 Å². The van der Waals surface area contributed by atoms with Gasteiger partial charge in [0.05, 0.1) is 24.8 Å². The monoisotopic (exact) mass is 462 g/mol. The van der Waals surface area contributed by atoms with Crippen LogP contribution in [0, 0.1) is 0 Å². The fourth-order valence-electron chi connectivity index (χ4n) is 3.86. The second-order valence-electron chi connectivity index (χ2n) is 7.98. The first-order valence-corrected chi connectivity index (χ1v) is 11.5. The standard InChI is InChI=1S/C27H27ClN2O3/c1-2-13-33-26-12-9-19(18-7-10-21(28)11-8-18)15-24(26)27(32)30-22(17-31)14-20-16-29-25-6-4-3-5-23(20)25/h3-12,15-16,22,29,31H,2,13-14,17H2,1H3,(H,30,32)/t22-/m1/s1. The number of carbonyl (C=O) groups is 1. The van der Waals surface area contributed by atoms with Gasteiger partial charge in [-0.25, -0.2) is 0 Å². The Hall–Kier alpha value is -3.28.